The number of carbonyl (C=O) groups is 2. The molecule has 0 fully saturated rings. The highest BCUT2D eigenvalue weighted by Gasteiger charge is 2.21. The first-order chi connectivity index (χ1) is 8.49. The third kappa shape index (κ3) is 2.30. The summed E-state index contributed by atoms with van der Waals surface area (Å²) in [5.41, 5.74) is 1.63. The lowest BCUT2D eigenvalue weighted by Gasteiger charge is -2.28. The summed E-state index contributed by atoms with van der Waals surface area (Å²) >= 11 is 0. The lowest BCUT2D eigenvalue weighted by Crippen LogP contribution is -2.31. The highest BCUT2D eigenvalue weighted by atomic mass is 16.4. The van der Waals surface area contributed by atoms with Crippen molar-refractivity contribution in [3.63, 3.8) is 0 Å². The lowest BCUT2D eigenvalue weighted by atomic mass is 10.1. The van der Waals surface area contributed by atoms with Crippen LogP contribution >= 0.6 is 0 Å². The average Bonchev–Trinajstić information content (AvgIpc) is 2.45. The van der Waals surface area contributed by atoms with Gasteiger partial charge in [0.2, 0.25) is 5.91 Å². The van der Waals surface area contributed by atoms with E-state index in [0.29, 0.717) is 18.7 Å². The van der Waals surface area contributed by atoms with Gasteiger partial charge in [0.1, 0.15) is 0 Å². The fourth-order valence-electron chi connectivity index (χ4n) is 2.11. The van der Waals surface area contributed by atoms with Crippen LogP contribution in [0.3, 0.4) is 0 Å². The van der Waals surface area contributed by atoms with Crippen LogP contribution in [0.1, 0.15) is 30.6 Å². The Hall–Kier alpha value is -2.04. The van der Waals surface area contributed by atoms with Crippen molar-refractivity contribution < 1.29 is 14.7 Å². The molecule has 0 bridgehead atoms. The van der Waals surface area contributed by atoms with E-state index < -0.39 is 5.97 Å². The number of rotatable bonds is 2. The molecule has 1 heterocycles. The number of nitrogens with one attached hydrogen (secondary N) is 1. The van der Waals surface area contributed by atoms with Crippen molar-refractivity contribution in [1.82, 2.24) is 0 Å². The first kappa shape index (κ1) is 12.4. The maximum atomic E-state index is 11.6. The molecule has 5 nitrogen and oxygen atoms in total. The summed E-state index contributed by atoms with van der Waals surface area (Å²) in [5.74, 6) is -1.07. The van der Waals surface area contributed by atoms with Gasteiger partial charge in [-0.3, -0.25) is 4.79 Å². The van der Waals surface area contributed by atoms with Crippen LogP contribution in [0.2, 0.25) is 0 Å². The lowest BCUT2D eigenvalue weighted by molar-refractivity contribution is -0.115. The number of fused-ring (bicyclic) bond motifs is 1. The first-order valence-electron chi connectivity index (χ1n) is 5.93. The minimum atomic E-state index is -0.993. The molecule has 96 valence electrons. The Morgan fingerprint density at radius 3 is 2.78 bits per heavy atom. The number of nitrogens with zero attached hydrogens (tertiary/aromatic N) is 1. The third-order valence-electron chi connectivity index (χ3n) is 3.03. The van der Waals surface area contributed by atoms with E-state index in [2.05, 4.69) is 10.2 Å². The number of hydrogen-bond donors (Lipinski definition) is 2. The number of aromatic carboxylic acids is 1. The van der Waals surface area contributed by atoms with Crippen molar-refractivity contribution in [1.29, 1.82) is 0 Å². The Labute approximate surface area is 105 Å². The normalized spacial score (nSPS) is 15.1. The molecule has 0 aliphatic carbocycles. The van der Waals surface area contributed by atoms with E-state index in [1.165, 1.54) is 6.07 Å². The fourth-order valence-corrected chi connectivity index (χ4v) is 2.11. The summed E-state index contributed by atoms with van der Waals surface area (Å²) < 4.78 is 0. The molecule has 0 unspecified atom stereocenters. The van der Waals surface area contributed by atoms with Gasteiger partial charge >= 0.3 is 5.97 Å². The van der Waals surface area contributed by atoms with Gasteiger partial charge in [-0.15, -0.1) is 0 Å². The second kappa shape index (κ2) is 4.68. The van der Waals surface area contributed by atoms with Crippen LogP contribution in [0.4, 0.5) is 11.4 Å². The van der Waals surface area contributed by atoms with E-state index in [1.807, 2.05) is 13.8 Å². The van der Waals surface area contributed by atoms with Crippen molar-refractivity contribution in [3.05, 3.63) is 23.8 Å². The molecule has 2 rings (SSSR count). The number of hydrogen-bond acceptors (Lipinski definition) is 3. The number of carboxylic acids is 1. The Morgan fingerprint density at radius 1 is 1.44 bits per heavy atom. The second-order valence-electron chi connectivity index (χ2n) is 4.62. The highest BCUT2D eigenvalue weighted by Crippen LogP contribution is 2.31. The molecule has 0 saturated heterocycles. The molecule has 1 aliphatic rings. The number of benzene rings is 1. The minimum absolute atomic E-state index is 0.0815. The van der Waals surface area contributed by atoms with Crippen LogP contribution in [0, 0.1) is 0 Å². The van der Waals surface area contributed by atoms with Gasteiger partial charge < -0.3 is 15.3 Å². The number of carboxylic acid groups (broad SMARTS) is 1. The summed E-state index contributed by atoms with van der Waals surface area (Å²) in [7, 11) is 0. The molecule has 0 saturated carbocycles. The maximum absolute atomic E-state index is 11.6. The summed E-state index contributed by atoms with van der Waals surface area (Å²) in [5, 5.41) is 11.7. The van der Waals surface area contributed by atoms with Gasteiger partial charge in [0, 0.05) is 19.0 Å². The van der Waals surface area contributed by atoms with Crippen LogP contribution < -0.4 is 10.2 Å². The second-order valence-corrected chi connectivity index (χ2v) is 4.62. The van der Waals surface area contributed by atoms with Crippen molar-refractivity contribution in [2.45, 2.75) is 26.3 Å². The zero-order valence-electron chi connectivity index (χ0n) is 10.4. The molecular formula is C13H16N2O3. The molecule has 1 aromatic carbocycles. The molecule has 1 amide bonds. The summed E-state index contributed by atoms with van der Waals surface area (Å²) in [6.07, 6.45) is 0.412. The van der Waals surface area contributed by atoms with Gasteiger partial charge in [0.15, 0.2) is 0 Å². The van der Waals surface area contributed by atoms with Crippen LogP contribution in [0.5, 0.6) is 0 Å². The maximum Gasteiger partial charge on any atom is 0.335 e. The minimum Gasteiger partial charge on any atom is -0.478 e. The summed E-state index contributed by atoms with van der Waals surface area (Å²) in [6.45, 7) is 4.73. The topological polar surface area (TPSA) is 69.6 Å². The van der Waals surface area contributed by atoms with E-state index >= 15 is 0 Å². The standard InChI is InChI=1S/C13H16N2O3/c1-8(2)15-6-5-12(16)14-10-7-9(13(17)18)3-4-11(10)15/h3-4,7-8H,5-6H2,1-2H3,(H,14,16)(H,17,18). The average molecular weight is 248 g/mol. The van der Waals surface area contributed by atoms with Crippen LogP contribution in [-0.4, -0.2) is 29.6 Å². The zero-order valence-corrected chi connectivity index (χ0v) is 10.4. The Morgan fingerprint density at radius 2 is 2.17 bits per heavy atom. The van der Waals surface area contributed by atoms with Crippen molar-refractivity contribution >= 4 is 23.3 Å². The summed E-state index contributed by atoms with van der Waals surface area (Å²) in [4.78, 5) is 24.6. The number of carbonyl (C=O) groups excluding carboxylic acids is 1. The SMILES string of the molecule is CC(C)N1CCC(=O)Nc2cc(C(=O)O)ccc21. The fraction of sp³-hybridized carbons (Fsp3) is 0.385. The van der Waals surface area contributed by atoms with Crippen LogP contribution in [0.15, 0.2) is 18.2 Å². The molecule has 2 N–H and O–H groups in total. The van der Waals surface area contributed by atoms with Crippen molar-refractivity contribution in [2.75, 3.05) is 16.8 Å². The smallest absolute Gasteiger partial charge is 0.335 e. The summed E-state index contributed by atoms with van der Waals surface area (Å²) in [6, 6.07) is 5.08. The predicted molar refractivity (Wildman–Crippen MR) is 69.1 cm³/mol. The van der Waals surface area contributed by atoms with Gasteiger partial charge in [-0.05, 0) is 32.0 Å². The molecule has 5 heteroatoms. The van der Waals surface area contributed by atoms with E-state index in [9.17, 15) is 9.59 Å². The zero-order chi connectivity index (χ0) is 13.3. The van der Waals surface area contributed by atoms with E-state index in [0.717, 1.165) is 5.69 Å². The predicted octanol–water partition coefficient (Wildman–Crippen LogP) is 1.94. The Kier molecular flexibility index (Phi) is 3.23. The molecule has 0 spiro atoms. The van der Waals surface area contributed by atoms with E-state index in [-0.39, 0.29) is 17.5 Å². The molecule has 0 radical (unpaired) electrons. The van der Waals surface area contributed by atoms with Crippen molar-refractivity contribution in [2.24, 2.45) is 0 Å². The Bertz CT molecular complexity index is 497. The van der Waals surface area contributed by atoms with Gasteiger partial charge in [0.25, 0.3) is 0 Å². The van der Waals surface area contributed by atoms with E-state index in [1.54, 1.807) is 12.1 Å². The molecule has 0 atom stereocenters. The largest absolute Gasteiger partial charge is 0.478 e. The van der Waals surface area contributed by atoms with E-state index in [4.69, 9.17) is 5.11 Å². The molecule has 18 heavy (non-hydrogen) atoms. The molecule has 1 aliphatic heterocycles. The molecular weight excluding hydrogens is 232 g/mol. The van der Waals surface area contributed by atoms with Gasteiger partial charge in [-0.2, -0.15) is 0 Å². The van der Waals surface area contributed by atoms with Crippen LogP contribution in [0.25, 0.3) is 0 Å². The van der Waals surface area contributed by atoms with Gasteiger partial charge in [-0.25, -0.2) is 4.79 Å². The van der Waals surface area contributed by atoms with Gasteiger partial charge in [0.05, 0.1) is 16.9 Å². The first-order valence-corrected chi connectivity index (χ1v) is 5.93. The molecule has 0 aromatic heterocycles. The number of anilines is 2. The quantitative estimate of drug-likeness (QED) is 0.839. The third-order valence-corrected chi connectivity index (χ3v) is 3.03. The monoisotopic (exact) mass is 248 g/mol. The van der Waals surface area contributed by atoms with Crippen molar-refractivity contribution in [3.8, 4) is 0 Å². The number of amides is 1. The highest BCUT2D eigenvalue weighted by molar-refractivity contribution is 5.99. The molecule has 1 aromatic rings. The van der Waals surface area contributed by atoms with Gasteiger partial charge in [-0.1, -0.05) is 0 Å². The van der Waals surface area contributed by atoms with Crippen LogP contribution in [-0.2, 0) is 4.79 Å². The Balaban J connectivity index is 2.48.